The third kappa shape index (κ3) is 4.06. The van der Waals surface area contributed by atoms with Crippen molar-refractivity contribution in [1.82, 2.24) is 34.9 Å². The lowest BCUT2D eigenvalue weighted by molar-refractivity contribution is -0.147. The zero-order valence-corrected chi connectivity index (χ0v) is 18.5. The number of halogens is 3. The fourth-order valence-corrected chi connectivity index (χ4v) is 5.08. The first kappa shape index (κ1) is 21.8. The monoisotopic (exact) mass is 478 g/mol. The summed E-state index contributed by atoms with van der Waals surface area (Å²) in [5, 5.41) is 24.4. The number of alkyl halides is 3. The molecule has 4 aromatic rings. The Hall–Kier alpha value is -3.06. The highest BCUT2D eigenvalue weighted by Crippen LogP contribution is 2.36. The Morgan fingerprint density at radius 3 is 2.76 bits per heavy atom. The third-order valence-electron chi connectivity index (χ3n) is 5.47. The van der Waals surface area contributed by atoms with Gasteiger partial charge in [0.2, 0.25) is 5.82 Å². The van der Waals surface area contributed by atoms with Gasteiger partial charge in [0.05, 0.1) is 11.9 Å². The predicted octanol–water partition coefficient (Wildman–Crippen LogP) is 3.20. The number of nitrogens with zero attached hydrogens (tertiary/aromatic N) is 7. The van der Waals surface area contributed by atoms with E-state index in [1.54, 1.807) is 17.4 Å². The maximum atomic E-state index is 13.2. The first-order chi connectivity index (χ1) is 15.9. The molecule has 1 aliphatic heterocycles. The van der Waals surface area contributed by atoms with Crippen LogP contribution < -0.4 is 4.90 Å². The van der Waals surface area contributed by atoms with Crippen LogP contribution in [0.3, 0.4) is 0 Å². The van der Waals surface area contributed by atoms with Gasteiger partial charge in [0.15, 0.2) is 11.6 Å². The molecule has 9 nitrogen and oxygen atoms in total. The van der Waals surface area contributed by atoms with Crippen molar-refractivity contribution in [3.8, 4) is 11.5 Å². The molecular weight excluding hydrogens is 457 g/mol. The molecule has 0 amide bonds. The third-order valence-corrected chi connectivity index (χ3v) is 6.56. The van der Waals surface area contributed by atoms with E-state index >= 15 is 0 Å². The van der Waals surface area contributed by atoms with Gasteiger partial charge in [0, 0.05) is 36.7 Å². The lowest BCUT2D eigenvalue weighted by atomic mass is 10.2. The second-order valence-corrected chi connectivity index (χ2v) is 8.93. The van der Waals surface area contributed by atoms with Gasteiger partial charge in [-0.15, -0.1) is 21.5 Å². The number of H-pyrrole nitrogens is 1. The van der Waals surface area contributed by atoms with Crippen LogP contribution in [-0.2, 0) is 32.1 Å². The normalized spacial score (nSPS) is 14.3. The molecule has 0 saturated carbocycles. The SMILES string of the molecule is CCCc1cc2c(N3CCn4c(nnc4C(F)(F)F)C3)nc(-c3cc(CCO)[nH]n3)nc2s1. The average molecular weight is 479 g/mol. The highest BCUT2D eigenvalue weighted by Gasteiger charge is 2.39. The average Bonchev–Trinajstić information content (AvgIpc) is 3.50. The predicted molar refractivity (Wildman–Crippen MR) is 116 cm³/mol. The summed E-state index contributed by atoms with van der Waals surface area (Å²) in [5.74, 6) is 0.337. The van der Waals surface area contributed by atoms with Crippen molar-refractivity contribution >= 4 is 27.4 Å². The number of aromatic nitrogens is 7. The molecule has 0 spiro atoms. The van der Waals surface area contributed by atoms with Gasteiger partial charge in [-0.2, -0.15) is 18.3 Å². The van der Waals surface area contributed by atoms with Crippen LogP contribution in [0, 0.1) is 0 Å². The first-order valence-electron chi connectivity index (χ1n) is 10.6. The second kappa shape index (κ2) is 8.37. The van der Waals surface area contributed by atoms with E-state index in [4.69, 9.17) is 9.97 Å². The number of aryl methyl sites for hydroxylation is 1. The van der Waals surface area contributed by atoms with Crippen molar-refractivity contribution in [2.45, 2.75) is 45.5 Å². The van der Waals surface area contributed by atoms with Crippen molar-refractivity contribution in [3.63, 3.8) is 0 Å². The number of hydrogen-bond acceptors (Lipinski definition) is 8. The molecule has 0 unspecified atom stereocenters. The van der Waals surface area contributed by atoms with Crippen LogP contribution in [-0.4, -0.2) is 53.2 Å². The van der Waals surface area contributed by atoms with Crippen molar-refractivity contribution in [2.75, 3.05) is 18.1 Å². The number of aromatic amines is 1. The summed E-state index contributed by atoms with van der Waals surface area (Å²) in [7, 11) is 0. The van der Waals surface area contributed by atoms with Crippen molar-refractivity contribution in [2.24, 2.45) is 0 Å². The van der Waals surface area contributed by atoms with Gasteiger partial charge in [0.1, 0.15) is 16.3 Å². The van der Waals surface area contributed by atoms with Crippen LogP contribution in [0.1, 0.15) is 35.6 Å². The van der Waals surface area contributed by atoms with Crippen molar-refractivity contribution in [1.29, 1.82) is 0 Å². The molecule has 5 rings (SSSR count). The zero-order chi connectivity index (χ0) is 23.2. The molecular formula is C20H21F3N8OS. The van der Waals surface area contributed by atoms with Gasteiger partial charge in [-0.05, 0) is 18.6 Å². The van der Waals surface area contributed by atoms with Gasteiger partial charge in [0.25, 0.3) is 0 Å². The van der Waals surface area contributed by atoms with E-state index in [0.717, 1.165) is 33.3 Å². The summed E-state index contributed by atoms with van der Waals surface area (Å²) in [6.45, 7) is 2.68. The molecule has 2 N–H and O–H groups in total. The van der Waals surface area contributed by atoms with E-state index in [1.165, 1.54) is 4.88 Å². The number of thiophene rings is 1. The maximum Gasteiger partial charge on any atom is 0.451 e. The summed E-state index contributed by atoms with van der Waals surface area (Å²) in [6, 6.07) is 3.86. The van der Waals surface area contributed by atoms with Crippen LogP contribution in [0.4, 0.5) is 19.0 Å². The number of nitrogens with one attached hydrogen (secondary N) is 1. The molecule has 4 aromatic heterocycles. The number of fused-ring (bicyclic) bond motifs is 2. The topological polar surface area (TPSA) is 109 Å². The van der Waals surface area contributed by atoms with Crippen LogP contribution in [0.5, 0.6) is 0 Å². The summed E-state index contributed by atoms with van der Waals surface area (Å²) in [6.07, 6.45) is -2.22. The molecule has 0 atom stereocenters. The minimum absolute atomic E-state index is 0.00749. The van der Waals surface area contributed by atoms with E-state index < -0.39 is 12.0 Å². The van der Waals surface area contributed by atoms with Crippen molar-refractivity contribution in [3.05, 3.63) is 34.4 Å². The zero-order valence-electron chi connectivity index (χ0n) is 17.7. The highest BCUT2D eigenvalue weighted by atomic mass is 32.1. The summed E-state index contributed by atoms with van der Waals surface area (Å²) in [4.78, 5) is 13.4. The number of anilines is 1. The Balaban J connectivity index is 1.56. The number of aliphatic hydroxyl groups excluding tert-OH is 1. The lowest BCUT2D eigenvalue weighted by Crippen LogP contribution is -2.36. The van der Waals surface area contributed by atoms with Gasteiger partial charge >= 0.3 is 6.18 Å². The minimum atomic E-state index is -4.54. The molecule has 1 aliphatic rings. The molecule has 0 bridgehead atoms. The second-order valence-electron chi connectivity index (χ2n) is 7.82. The van der Waals surface area contributed by atoms with E-state index in [9.17, 15) is 18.3 Å². The van der Waals surface area contributed by atoms with E-state index in [1.807, 2.05) is 4.90 Å². The van der Waals surface area contributed by atoms with E-state index in [0.29, 0.717) is 30.3 Å². The largest absolute Gasteiger partial charge is 0.451 e. The van der Waals surface area contributed by atoms with Gasteiger partial charge in [-0.3, -0.25) is 5.10 Å². The Kier molecular flexibility index (Phi) is 5.52. The van der Waals surface area contributed by atoms with Crippen LogP contribution in [0.2, 0.25) is 0 Å². The van der Waals surface area contributed by atoms with Gasteiger partial charge < -0.3 is 14.6 Å². The molecule has 0 radical (unpaired) electrons. The maximum absolute atomic E-state index is 13.2. The Bertz CT molecular complexity index is 1290. The molecule has 5 heterocycles. The molecule has 33 heavy (non-hydrogen) atoms. The van der Waals surface area contributed by atoms with Crippen LogP contribution >= 0.6 is 11.3 Å². The van der Waals surface area contributed by atoms with Gasteiger partial charge in [-0.1, -0.05) is 13.3 Å². The molecule has 0 fully saturated rings. The lowest BCUT2D eigenvalue weighted by Gasteiger charge is -2.29. The smallest absolute Gasteiger partial charge is 0.396 e. The standard InChI is InChI=1S/C20H21F3N8OS/c1-2-3-12-9-13-17(30-5-6-31-15(10-30)28-29-19(31)20(21,22)23)24-16(25-18(13)33-12)14-8-11(4-7-32)26-27-14/h8-9,32H,2-7,10H2,1H3,(H,26,27). The fraction of sp³-hybridized carbons (Fsp3) is 0.450. The first-order valence-corrected chi connectivity index (χ1v) is 11.4. The molecule has 0 saturated heterocycles. The fourth-order valence-electron chi connectivity index (χ4n) is 3.95. The Morgan fingerprint density at radius 1 is 1.15 bits per heavy atom. The van der Waals surface area contributed by atoms with Gasteiger partial charge in [-0.25, -0.2) is 9.97 Å². The minimum Gasteiger partial charge on any atom is -0.396 e. The molecule has 13 heteroatoms. The molecule has 0 aliphatic carbocycles. The summed E-state index contributed by atoms with van der Waals surface area (Å²) in [5.41, 5.74) is 1.31. The number of rotatable bonds is 6. The van der Waals surface area contributed by atoms with E-state index in [2.05, 4.69) is 33.4 Å². The Labute approximate surface area is 190 Å². The number of hydrogen-bond donors (Lipinski definition) is 2. The van der Waals surface area contributed by atoms with Crippen LogP contribution in [0.25, 0.3) is 21.7 Å². The number of aliphatic hydroxyl groups is 1. The molecule has 0 aromatic carbocycles. The Morgan fingerprint density at radius 2 is 2.00 bits per heavy atom. The van der Waals surface area contributed by atoms with Crippen molar-refractivity contribution < 1.29 is 18.3 Å². The quantitative estimate of drug-likeness (QED) is 0.438. The summed E-state index contributed by atoms with van der Waals surface area (Å²) < 4.78 is 40.8. The van der Waals surface area contributed by atoms with E-state index in [-0.39, 0.29) is 25.5 Å². The molecule has 174 valence electrons. The van der Waals surface area contributed by atoms with Crippen LogP contribution in [0.15, 0.2) is 12.1 Å². The summed E-state index contributed by atoms with van der Waals surface area (Å²) >= 11 is 1.58. The highest BCUT2D eigenvalue weighted by molar-refractivity contribution is 7.18.